The molecular weight excluding hydrogens is 154 g/mol. The minimum atomic E-state index is -0.0767. The molecule has 1 amide bonds. The smallest absolute Gasteiger partial charge is 0.254 e. The van der Waals surface area contributed by atoms with E-state index in [1.807, 2.05) is 0 Å². The molecule has 4 nitrogen and oxygen atoms in total. The summed E-state index contributed by atoms with van der Waals surface area (Å²) in [6.07, 6.45) is 3.43. The first kappa shape index (κ1) is 8.77. The van der Waals surface area contributed by atoms with Crippen LogP contribution in [0.4, 0.5) is 0 Å². The lowest BCUT2D eigenvalue weighted by atomic mass is 10.1. The number of H-pyrrole nitrogens is 1. The summed E-state index contributed by atoms with van der Waals surface area (Å²) < 4.78 is 0. The number of hydrogen-bond donors (Lipinski definition) is 2. The largest absolute Gasteiger partial charge is 0.355 e. The van der Waals surface area contributed by atoms with Crippen LogP contribution < -0.4 is 5.32 Å². The second kappa shape index (κ2) is 3.90. The average molecular weight is 167 g/mol. The van der Waals surface area contributed by atoms with Crippen molar-refractivity contribution >= 4 is 5.91 Å². The van der Waals surface area contributed by atoms with Crippen LogP contribution in [0.25, 0.3) is 0 Å². The van der Waals surface area contributed by atoms with E-state index in [4.69, 9.17) is 0 Å². The van der Waals surface area contributed by atoms with Crippen LogP contribution in [0.5, 0.6) is 0 Å². The number of aromatic nitrogens is 2. The van der Waals surface area contributed by atoms with Gasteiger partial charge in [-0.3, -0.25) is 9.89 Å². The lowest BCUT2D eigenvalue weighted by molar-refractivity contribution is 0.0962. The molecule has 66 valence electrons. The van der Waals surface area contributed by atoms with E-state index in [0.29, 0.717) is 5.56 Å². The van der Waals surface area contributed by atoms with Crippen LogP contribution in [-0.2, 0) is 6.42 Å². The normalized spacial score (nSPS) is 9.83. The highest BCUT2D eigenvalue weighted by Gasteiger charge is 2.10. The first-order valence-corrected chi connectivity index (χ1v) is 4.04. The Morgan fingerprint density at radius 2 is 2.50 bits per heavy atom. The molecule has 0 bridgehead atoms. The Kier molecular flexibility index (Phi) is 2.85. The number of carbonyl (C=O) groups excluding carboxylic acids is 1. The van der Waals surface area contributed by atoms with Crippen LogP contribution in [0.15, 0.2) is 6.20 Å². The predicted octanol–water partition coefficient (Wildman–Crippen LogP) is 0.722. The molecule has 1 aromatic rings. The molecule has 0 aliphatic rings. The van der Waals surface area contributed by atoms with E-state index in [1.165, 1.54) is 0 Å². The summed E-state index contributed by atoms with van der Waals surface area (Å²) >= 11 is 0. The zero-order valence-electron chi connectivity index (χ0n) is 7.35. The van der Waals surface area contributed by atoms with Crippen molar-refractivity contribution in [3.63, 3.8) is 0 Å². The average Bonchev–Trinajstić information content (AvgIpc) is 2.52. The van der Waals surface area contributed by atoms with Gasteiger partial charge in [-0.25, -0.2) is 0 Å². The zero-order valence-corrected chi connectivity index (χ0v) is 7.35. The van der Waals surface area contributed by atoms with Gasteiger partial charge >= 0.3 is 0 Å². The summed E-state index contributed by atoms with van der Waals surface area (Å²) in [7, 11) is 1.62. The van der Waals surface area contributed by atoms with Crippen molar-refractivity contribution in [3.8, 4) is 0 Å². The summed E-state index contributed by atoms with van der Waals surface area (Å²) in [5.74, 6) is -0.0767. The standard InChI is InChI=1S/C8H13N3O/c1-3-4-7-6(5-10-11-7)8(12)9-2/h5H,3-4H2,1-2H3,(H,9,12)(H,10,11). The second-order valence-corrected chi connectivity index (χ2v) is 2.59. The van der Waals surface area contributed by atoms with E-state index in [1.54, 1.807) is 13.2 Å². The maximum Gasteiger partial charge on any atom is 0.254 e. The van der Waals surface area contributed by atoms with Gasteiger partial charge in [-0.05, 0) is 6.42 Å². The fourth-order valence-electron chi connectivity index (χ4n) is 1.08. The van der Waals surface area contributed by atoms with E-state index < -0.39 is 0 Å². The third kappa shape index (κ3) is 1.64. The lowest BCUT2D eigenvalue weighted by Crippen LogP contribution is -2.18. The SMILES string of the molecule is CCCc1[nH]ncc1C(=O)NC. The number of aryl methyl sites for hydroxylation is 1. The Morgan fingerprint density at radius 3 is 3.08 bits per heavy atom. The molecule has 12 heavy (non-hydrogen) atoms. The summed E-state index contributed by atoms with van der Waals surface area (Å²) in [5.41, 5.74) is 1.57. The molecule has 0 spiro atoms. The highest BCUT2D eigenvalue weighted by molar-refractivity contribution is 5.94. The van der Waals surface area contributed by atoms with Gasteiger partial charge < -0.3 is 5.32 Å². The molecular formula is C8H13N3O. The van der Waals surface area contributed by atoms with Gasteiger partial charge in [0.05, 0.1) is 11.8 Å². The third-order valence-corrected chi connectivity index (χ3v) is 1.69. The summed E-state index contributed by atoms with van der Waals surface area (Å²) in [6, 6.07) is 0. The van der Waals surface area contributed by atoms with Crippen LogP contribution in [0.2, 0.25) is 0 Å². The van der Waals surface area contributed by atoms with Crippen molar-refractivity contribution in [1.82, 2.24) is 15.5 Å². The molecule has 0 aliphatic heterocycles. The van der Waals surface area contributed by atoms with Gasteiger partial charge in [0.25, 0.3) is 5.91 Å². The summed E-state index contributed by atoms with van der Waals surface area (Å²) in [4.78, 5) is 11.2. The van der Waals surface area contributed by atoms with E-state index >= 15 is 0 Å². The molecule has 1 heterocycles. The highest BCUT2D eigenvalue weighted by Crippen LogP contribution is 2.06. The number of nitrogens with one attached hydrogen (secondary N) is 2. The van der Waals surface area contributed by atoms with Crippen LogP contribution in [0.1, 0.15) is 29.4 Å². The molecule has 1 aromatic heterocycles. The molecule has 0 aromatic carbocycles. The Balaban J connectivity index is 2.83. The first-order valence-electron chi connectivity index (χ1n) is 4.04. The third-order valence-electron chi connectivity index (χ3n) is 1.69. The highest BCUT2D eigenvalue weighted by atomic mass is 16.1. The molecule has 0 radical (unpaired) electrons. The molecule has 2 N–H and O–H groups in total. The van der Waals surface area contributed by atoms with Crippen molar-refractivity contribution in [2.75, 3.05) is 7.05 Å². The number of hydrogen-bond acceptors (Lipinski definition) is 2. The zero-order chi connectivity index (χ0) is 8.97. The number of nitrogens with zero attached hydrogens (tertiary/aromatic N) is 1. The molecule has 0 aliphatic carbocycles. The molecule has 1 rings (SSSR count). The van der Waals surface area contributed by atoms with Gasteiger partial charge in [-0.1, -0.05) is 13.3 Å². The van der Waals surface area contributed by atoms with Crippen molar-refractivity contribution in [2.45, 2.75) is 19.8 Å². The van der Waals surface area contributed by atoms with E-state index in [9.17, 15) is 4.79 Å². The van der Waals surface area contributed by atoms with Gasteiger partial charge in [-0.15, -0.1) is 0 Å². The van der Waals surface area contributed by atoms with E-state index in [0.717, 1.165) is 18.5 Å². The van der Waals surface area contributed by atoms with Gasteiger partial charge in [0.1, 0.15) is 0 Å². The van der Waals surface area contributed by atoms with Crippen LogP contribution in [-0.4, -0.2) is 23.2 Å². The monoisotopic (exact) mass is 167 g/mol. The maximum atomic E-state index is 11.2. The van der Waals surface area contributed by atoms with Gasteiger partial charge in [0, 0.05) is 12.7 Å². The van der Waals surface area contributed by atoms with Crippen LogP contribution >= 0.6 is 0 Å². The first-order chi connectivity index (χ1) is 5.79. The van der Waals surface area contributed by atoms with E-state index in [-0.39, 0.29) is 5.91 Å². The molecule has 0 fully saturated rings. The number of rotatable bonds is 3. The number of aromatic amines is 1. The second-order valence-electron chi connectivity index (χ2n) is 2.59. The van der Waals surface area contributed by atoms with Crippen molar-refractivity contribution in [3.05, 3.63) is 17.5 Å². The molecule has 0 atom stereocenters. The van der Waals surface area contributed by atoms with Crippen LogP contribution in [0, 0.1) is 0 Å². The minimum Gasteiger partial charge on any atom is -0.355 e. The quantitative estimate of drug-likeness (QED) is 0.697. The predicted molar refractivity (Wildman–Crippen MR) is 46.0 cm³/mol. The van der Waals surface area contributed by atoms with E-state index in [2.05, 4.69) is 22.4 Å². The fourth-order valence-corrected chi connectivity index (χ4v) is 1.08. The van der Waals surface area contributed by atoms with Gasteiger partial charge in [0.2, 0.25) is 0 Å². The Labute approximate surface area is 71.4 Å². The molecule has 0 unspecified atom stereocenters. The summed E-state index contributed by atoms with van der Waals surface area (Å²) in [5, 5.41) is 9.20. The molecule has 4 heteroatoms. The van der Waals surface area contributed by atoms with Crippen molar-refractivity contribution in [2.24, 2.45) is 0 Å². The van der Waals surface area contributed by atoms with Crippen molar-refractivity contribution in [1.29, 1.82) is 0 Å². The fraction of sp³-hybridized carbons (Fsp3) is 0.500. The van der Waals surface area contributed by atoms with Gasteiger partial charge in [0.15, 0.2) is 0 Å². The lowest BCUT2D eigenvalue weighted by Gasteiger charge is -1.98. The number of amides is 1. The Morgan fingerprint density at radius 1 is 1.75 bits per heavy atom. The van der Waals surface area contributed by atoms with Crippen molar-refractivity contribution < 1.29 is 4.79 Å². The maximum absolute atomic E-state index is 11.2. The Hall–Kier alpha value is -1.32. The van der Waals surface area contributed by atoms with Gasteiger partial charge in [-0.2, -0.15) is 5.10 Å². The minimum absolute atomic E-state index is 0.0767. The Bertz CT molecular complexity index is 267. The molecule has 0 saturated heterocycles. The topological polar surface area (TPSA) is 57.8 Å². The number of carbonyl (C=O) groups is 1. The summed E-state index contributed by atoms with van der Waals surface area (Å²) in [6.45, 7) is 2.06. The van der Waals surface area contributed by atoms with Crippen LogP contribution in [0.3, 0.4) is 0 Å². The molecule has 0 saturated carbocycles.